The smallest absolute Gasteiger partial charge is 0.132 e. The Kier molecular flexibility index (Phi) is 4.25. The number of hydrogen-bond acceptors (Lipinski definition) is 4. The van der Waals surface area contributed by atoms with Crippen LogP contribution < -0.4 is 15.4 Å². The molecule has 0 atom stereocenters. The van der Waals surface area contributed by atoms with Crippen molar-refractivity contribution in [2.75, 3.05) is 31.6 Å². The molecule has 0 amide bonds. The van der Waals surface area contributed by atoms with Crippen molar-refractivity contribution in [2.24, 2.45) is 5.73 Å². The Morgan fingerprint density at radius 2 is 2.05 bits per heavy atom. The molecule has 1 fully saturated rings. The Morgan fingerprint density at radius 3 is 2.76 bits per heavy atom. The molecule has 0 spiro atoms. The van der Waals surface area contributed by atoms with Crippen LogP contribution in [0, 0.1) is 0 Å². The maximum atomic E-state index is 5.68. The van der Waals surface area contributed by atoms with Crippen molar-refractivity contribution in [2.45, 2.75) is 25.7 Å². The van der Waals surface area contributed by atoms with Crippen molar-refractivity contribution in [1.82, 2.24) is 4.98 Å². The fourth-order valence-electron chi connectivity index (χ4n) is 2.99. The number of aromatic nitrogens is 1. The molecule has 0 radical (unpaired) electrons. The minimum absolute atomic E-state index is 0.722. The van der Waals surface area contributed by atoms with Gasteiger partial charge in [0.15, 0.2) is 0 Å². The Hall–Kier alpha value is -1.81. The molecule has 2 heterocycles. The van der Waals surface area contributed by atoms with Gasteiger partial charge in [-0.25, -0.2) is 4.98 Å². The van der Waals surface area contributed by atoms with E-state index in [0.717, 1.165) is 49.6 Å². The van der Waals surface area contributed by atoms with Crippen LogP contribution in [0.1, 0.15) is 24.8 Å². The van der Waals surface area contributed by atoms with Gasteiger partial charge in [-0.3, -0.25) is 0 Å². The molecule has 0 aliphatic carbocycles. The van der Waals surface area contributed by atoms with Crippen LogP contribution in [0.3, 0.4) is 0 Å². The highest BCUT2D eigenvalue weighted by atomic mass is 16.5. The zero-order valence-corrected chi connectivity index (χ0v) is 12.6. The number of fused-ring (bicyclic) bond motifs is 1. The van der Waals surface area contributed by atoms with Crippen molar-refractivity contribution >= 4 is 16.7 Å². The highest BCUT2D eigenvalue weighted by Gasteiger charge is 2.18. The molecule has 0 bridgehead atoms. The molecule has 4 heteroatoms. The van der Waals surface area contributed by atoms with E-state index in [2.05, 4.69) is 17.0 Å². The summed E-state index contributed by atoms with van der Waals surface area (Å²) in [5, 5.41) is 1.17. The first-order valence-electron chi connectivity index (χ1n) is 7.74. The molecule has 1 aliphatic rings. The van der Waals surface area contributed by atoms with Crippen LogP contribution >= 0.6 is 0 Å². The van der Waals surface area contributed by atoms with E-state index < -0.39 is 0 Å². The lowest BCUT2D eigenvalue weighted by atomic mass is 10.1. The molecule has 0 saturated carbocycles. The number of methoxy groups -OCH3 is 1. The first-order valence-corrected chi connectivity index (χ1v) is 7.74. The second-order valence-electron chi connectivity index (χ2n) is 5.62. The summed E-state index contributed by atoms with van der Waals surface area (Å²) >= 11 is 0. The Balaban J connectivity index is 2.05. The average molecular weight is 285 g/mol. The molecule has 1 saturated heterocycles. The molecule has 1 aromatic heterocycles. The summed E-state index contributed by atoms with van der Waals surface area (Å²) in [5.41, 5.74) is 8.01. The summed E-state index contributed by atoms with van der Waals surface area (Å²) in [7, 11) is 1.69. The zero-order valence-electron chi connectivity index (χ0n) is 12.6. The van der Waals surface area contributed by atoms with Gasteiger partial charge >= 0.3 is 0 Å². The number of anilines is 1. The fourth-order valence-corrected chi connectivity index (χ4v) is 2.99. The zero-order chi connectivity index (χ0) is 14.7. The molecular weight excluding hydrogens is 262 g/mol. The Morgan fingerprint density at radius 1 is 1.24 bits per heavy atom. The number of pyridine rings is 1. The molecule has 1 aromatic carbocycles. The molecule has 0 unspecified atom stereocenters. The molecule has 4 nitrogen and oxygen atoms in total. The van der Waals surface area contributed by atoms with Gasteiger partial charge in [-0.2, -0.15) is 0 Å². The van der Waals surface area contributed by atoms with Gasteiger partial charge in [0.25, 0.3) is 0 Å². The predicted octanol–water partition coefficient (Wildman–Crippen LogP) is 2.73. The van der Waals surface area contributed by atoms with E-state index in [1.807, 2.05) is 12.1 Å². The second-order valence-corrected chi connectivity index (χ2v) is 5.62. The maximum absolute atomic E-state index is 5.68. The third-order valence-electron chi connectivity index (χ3n) is 4.14. The number of aryl methyl sites for hydroxylation is 1. The molecule has 21 heavy (non-hydrogen) atoms. The van der Waals surface area contributed by atoms with Crippen LogP contribution in [0.15, 0.2) is 24.3 Å². The summed E-state index contributed by atoms with van der Waals surface area (Å²) < 4.78 is 5.31. The number of rotatable bonds is 5. The van der Waals surface area contributed by atoms with Gasteiger partial charge in [0.05, 0.1) is 12.6 Å². The Bertz CT molecular complexity index is 621. The van der Waals surface area contributed by atoms with E-state index in [-0.39, 0.29) is 0 Å². The molecular formula is C17H23N3O. The third-order valence-corrected chi connectivity index (χ3v) is 4.14. The number of benzene rings is 1. The van der Waals surface area contributed by atoms with Crippen LogP contribution in [0.2, 0.25) is 0 Å². The van der Waals surface area contributed by atoms with Crippen molar-refractivity contribution in [1.29, 1.82) is 0 Å². The van der Waals surface area contributed by atoms with Gasteiger partial charge < -0.3 is 15.4 Å². The second kappa shape index (κ2) is 6.31. The lowest BCUT2D eigenvalue weighted by Crippen LogP contribution is -2.21. The molecule has 2 aromatic rings. The van der Waals surface area contributed by atoms with E-state index in [0.29, 0.717) is 0 Å². The fraction of sp³-hybridized carbons (Fsp3) is 0.471. The standard InChI is InChI=1S/C17H23N3O/c1-21-15-7-6-13-11-14(5-4-8-18)17(19-16(13)12-15)20-9-2-3-10-20/h6-7,11-12H,2-5,8-10,18H2,1H3. The lowest BCUT2D eigenvalue weighted by molar-refractivity contribution is 0.415. The van der Waals surface area contributed by atoms with E-state index >= 15 is 0 Å². The first-order chi connectivity index (χ1) is 10.3. The van der Waals surface area contributed by atoms with Crippen LogP contribution in [0.4, 0.5) is 5.82 Å². The van der Waals surface area contributed by atoms with E-state index in [1.165, 1.54) is 23.8 Å². The van der Waals surface area contributed by atoms with Gasteiger partial charge in [0.1, 0.15) is 11.6 Å². The SMILES string of the molecule is COc1ccc2cc(CCCN)c(N3CCCC3)nc2c1. The summed E-state index contributed by atoms with van der Waals surface area (Å²) in [6.07, 6.45) is 4.52. The van der Waals surface area contributed by atoms with Gasteiger partial charge in [0.2, 0.25) is 0 Å². The Labute approximate surface area is 125 Å². The highest BCUT2D eigenvalue weighted by Crippen LogP contribution is 2.29. The topological polar surface area (TPSA) is 51.4 Å². The number of hydrogen-bond donors (Lipinski definition) is 1. The molecule has 3 rings (SSSR count). The summed E-state index contributed by atoms with van der Waals surface area (Å²) in [6, 6.07) is 8.36. The third kappa shape index (κ3) is 2.95. The highest BCUT2D eigenvalue weighted by molar-refractivity contribution is 5.83. The van der Waals surface area contributed by atoms with Crippen molar-refractivity contribution < 1.29 is 4.74 Å². The van der Waals surface area contributed by atoms with Gasteiger partial charge in [-0.1, -0.05) is 0 Å². The van der Waals surface area contributed by atoms with Gasteiger partial charge in [0, 0.05) is 24.5 Å². The molecule has 1 aliphatic heterocycles. The van der Waals surface area contributed by atoms with E-state index in [4.69, 9.17) is 15.5 Å². The monoisotopic (exact) mass is 285 g/mol. The minimum atomic E-state index is 0.722. The van der Waals surface area contributed by atoms with Crippen molar-refractivity contribution in [3.63, 3.8) is 0 Å². The van der Waals surface area contributed by atoms with Gasteiger partial charge in [-0.05, 0) is 56.0 Å². The van der Waals surface area contributed by atoms with Gasteiger partial charge in [-0.15, -0.1) is 0 Å². The quantitative estimate of drug-likeness (QED) is 0.917. The van der Waals surface area contributed by atoms with Crippen molar-refractivity contribution in [3.8, 4) is 5.75 Å². The van der Waals surface area contributed by atoms with Crippen LogP contribution in [0.25, 0.3) is 10.9 Å². The largest absolute Gasteiger partial charge is 0.497 e. The normalized spacial score (nSPS) is 14.9. The van der Waals surface area contributed by atoms with E-state index in [1.54, 1.807) is 7.11 Å². The first kappa shape index (κ1) is 14.1. The van der Waals surface area contributed by atoms with Crippen LogP contribution in [-0.4, -0.2) is 31.7 Å². The molecule has 2 N–H and O–H groups in total. The summed E-state index contributed by atoms with van der Waals surface area (Å²) in [4.78, 5) is 7.33. The lowest BCUT2D eigenvalue weighted by Gasteiger charge is -2.21. The minimum Gasteiger partial charge on any atom is -0.497 e. The maximum Gasteiger partial charge on any atom is 0.132 e. The number of nitrogens with two attached hydrogens (primary N) is 1. The average Bonchev–Trinajstić information content (AvgIpc) is 3.05. The number of nitrogens with zero attached hydrogens (tertiary/aromatic N) is 2. The van der Waals surface area contributed by atoms with Crippen LogP contribution in [0.5, 0.6) is 5.75 Å². The summed E-state index contributed by atoms with van der Waals surface area (Å²) in [5.74, 6) is 2.00. The summed E-state index contributed by atoms with van der Waals surface area (Å²) in [6.45, 7) is 2.94. The van der Waals surface area contributed by atoms with E-state index in [9.17, 15) is 0 Å². The predicted molar refractivity (Wildman–Crippen MR) is 87.1 cm³/mol. The number of ether oxygens (including phenoxy) is 1. The molecule has 112 valence electrons. The van der Waals surface area contributed by atoms with Crippen molar-refractivity contribution in [3.05, 3.63) is 29.8 Å². The van der Waals surface area contributed by atoms with Crippen LogP contribution in [-0.2, 0) is 6.42 Å².